The minimum atomic E-state index is 0.0581. The molecule has 1 aromatic heterocycles. The van der Waals surface area contributed by atoms with Crippen LogP contribution < -0.4 is 10.1 Å². The molecule has 1 N–H and O–H groups in total. The molecule has 1 aliphatic heterocycles. The number of nitrogens with zero attached hydrogens (tertiary/aromatic N) is 2. The second-order valence-electron chi connectivity index (χ2n) is 11.2. The molecule has 6 nitrogen and oxygen atoms in total. The van der Waals surface area contributed by atoms with Crippen LogP contribution in [0.3, 0.4) is 0 Å². The van der Waals surface area contributed by atoms with Gasteiger partial charge < -0.3 is 19.4 Å². The number of rotatable bonds is 6. The van der Waals surface area contributed by atoms with Crippen LogP contribution in [-0.4, -0.2) is 61.4 Å². The van der Waals surface area contributed by atoms with Crippen LogP contribution in [0.4, 0.5) is 0 Å². The van der Waals surface area contributed by atoms with Gasteiger partial charge in [-0.3, -0.25) is 9.69 Å². The Balaban J connectivity index is 1.49. The molecule has 180 valence electrons. The summed E-state index contributed by atoms with van der Waals surface area (Å²) in [4.78, 5) is 16.3. The Morgan fingerprint density at radius 1 is 1.21 bits per heavy atom. The van der Waals surface area contributed by atoms with Crippen LogP contribution in [0.25, 0.3) is 10.9 Å². The Morgan fingerprint density at radius 3 is 2.64 bits per heavy atom. The van der Waals surface area contributed by atoms with Crippen LogP contribution in [0.1, 0.15) is 56.1 Å². The van der Waals surface area contributed by atoms with E-state index in [0.717, 1.165) is 67.3 Å². The van der Waals surface area contributed by atoms with E-state index in [9.17, 15) is 4.79 Å². The van der Waals surface area contributed by atoms with Gasteiger partial charge in [0, 0.05) is 43.3 Å². The molecule has 0 radical (unpaired) electrons. The summed E-state index contributed by atoms with van der Waals surface area (Å²) in [5.74, 6) is 1.58. The number of hydrogen-bond acceptors (Lipinski definition) is 4. The summed E-state index contributed by atoms with van der Waals surface area (Å²) < 4.78 is 13.5. The molecule has 5 rings (SSSR count). The summed E-state index contributed by atoms with van der Waals surface area (Å²) in [6.45, 7) is 14.4. The maximum Gasteiger partial charge on any atom is 0.253 e. The number of ether oxygens (including phenoxy) is 2. The van der Waals surface area contributed by atoms with Crippen LogP contribution in [0, 0.1) is 23.7 Å². The third-order valence-corrected chi connectivity index (χ3v) is 9.04. The highest BCUT2D eigenvalue weighted by molar-refractivity contribution is 6.09. The van der Waals surface area contributed by atoms with Gasteiger partial charge in [-0.25, -0.2) is 0 Å². The van der Waals surface area contributed by atoms with Crippen molar-refractivity contribution < 1.29 is 14.3 Å². The second-order valence-corrected chi connectivity index (χ2v) is 11.2. The quantitative estimate of drug-likeness (QED) is 0.711. The van der Waals surface area contributed by atoms with E-state index in [-0.39, 0.29) is 22.8 Å². The van der Waals surface area contributed by atoms with Gasteiger partial charge in [0.2, 0.25) is 0 Å². The van der Waals surface area contributed by atoms with Crippen LogP contribution in [0.5, 0.6) is 5.75 Å². The number of hydrogen-bond donors (Lipinski definition) is 1. The normalized spacial score (nSPS) is 29.0. The SMILES string of the molecule is COc1cccc2c(C(=O)N[C@@H]3C4(C)CCC(C4)C3(C)C)c(C)n(CCN3CCOCC3)c12. The summed E-state index contributed by atoms with van der Waals surface area (Å²) >= 11 is 0. The molecule has 6 heteroatoms. The van der Waals surface area contributed by atoms with E-state index in [4.69, 9.17) is 9.47 Å². The van der Waals surface area contributed by atoms with Crippen LogP contribution in [0.2, 0.25) is 0 Å². The first-order chi connectivity index (χ1) is 15.8. The number of para-hydroxylation sites is 1. The van der Waals surface area contributed by atoms with E-state index in [1.54, 1.807) is 7.11 Å². The smallest absolute Gasteiger partial charge is 0.253 e. The zero-order valence-corrected chi connectivity index (χ0v) is 20.9. The maximum absolute atomic E-state index is 13.9. The van der Waals surface area contributed by atoms with Crippen LogP contribution in [0.15, 0.2) is 18.2 Å². The molecule has 3 atom stereocenters. The highest BCUT2D eigenvalue weighted by Gasteiger charge is 2.59. The first-order valence-electron chi connectivity index (χ1n) is 12.5. The summed E-state index contributed by atoms with van der Waals surface area (Å²) in [6.07, 6.45) is 3.71. The molecule has 2 saturated carbocycles. The largest absolute Gasteiger partial charge is 0.495 e. The number of morpholine rings is 1. The van der Waals surface area contributed by atoms with Gasteiger partial charge in [-0.1, -0.05) is 32.9 Å². The van der Waals surface area contributed by atoms with Gasteiger partial charge in [-0.2, -0.15) is 0 Å². The summed E-state index contributed by atoms with van der Waals surface area (Å²) in [7, 11) is 1.71. The standard InChI is InChI=1S/C27H39N3O3/c1-18-22(24(31)28-25-26(2,3)19-9-10-27(25,4)17-19)20-7-6-8-21(32-5)23(20)30(18)12-11-29-13-15-33-16-14-29/h6-8,19,25H,9-17H2,1-5H3,(H,28,31)/t19?,25-,27?/m0/s1. The van der Waals surface area contributed by atoms with Gasteiger partial charge in [0.15, 0.2) is 0 Å². The fourth-order valence-electron chi connectivity index (χ4n) is 7.16. The van der Waals surface area contributed by atoms with Crippen molar-refractivity contribution >= 4 is 16.8 Å². The highest BCUT2D eigenvalue weighted by Crippen LogP contribution is 2.62. The monoisotopic (exact) mass is 453 g/mol. The van der Waals surface area contributed by atoms with Gasteiger partial charge in [-0.15, -0.1) is 0 Å². The third-order valence-electron chi connectivity index (χ3n) is 9.04. The minimum Gasteiger partial charge on any atom is -0.495 e. The molecule has 33 heavy (non-hydrogen) atoms. The molecule has 2 bridgehead atoms. The van der Waals surface area contributed by atoms with Gasteiger partial charge in [0.05, 0.1) is 31.4 Å². The second kappa shape index (κ2) is 8.31. The first kappa shape index (κ1) is 22.7. The fourth-order valence-corrected chi connectivity index (χ4v) is 7.16. The van der Waals surface area contributed by atoms with Crippen molar-refractivity contribution in [3.63, 3.8) is 0 Å². The highest BCUT2D eigenvalue weighted by atomic mass is 16.5. The number of nitrogens with one attached hydrogen (secondary N) is 1. The van der Waals surface area contributed by atoms with Crippen LogP contribution >= 0.6 is 0 Å². The number of carbonyl (C=O) groups is 1. The van der Waals surface area contributed by atoms with Gasteiger partial charge in [0.1, 0.15) is 5.75 Å². The topological polar surface area (TPSA) is 55.7 Å². The average molecular weight is 454 g/mol. The average Bonchev–Trinajstić information content (AvgIpc) is 3.39. The molecule has 3 fully saturated rings. The predicted octanol–water partition coefficient (Wildman–Crippen LogP) is 4.24. The number of fused-ring (bicyclic) bond motifs is 3. The van der Waals surface area contributed by atoms with Gasteiger partial charge in [0.25, 0.3) is 5.91 Å². The minimum absolute atomic E-state index is 0.0581. The summed E-state index contributed by atoms with van der Waals surface area (Å²) in [6, 6.07) is 6.26. The lowest BCUT2D eigenvalue weighted by Gasteiger charge is -2.43. The van der Waals surface area contributed by atoms with E-state index >= 15 is 0 Å². The van der Waals surface area contributed by atoms with Gasteiger partial charge >= 0.3 is 0 Å². The first-order valence-corrected chi connectivity index (χ1v) is 12.5. The van der Waals surface area contributed by atoms with E-state index in [0.29, 0.717) is 5.92 Å². The van der Waals surface area contributed by atoms with E-state index in [2.05, 4.69) is 48.5 Å². The molecule has 1 aromatic carbocycles. The van der Waals surface area contributed by atoms with E-state index in [1.165, 1.54) is 19.3 Å². The van der Waals surface area contributed by atoms with Crippen LogP contribution in [-0.2, 0) is 11.3 Å². The molecular weight excluding hydrogens is 414 g/mol. The molecule has 1 saturated heterocycles. The lowest BCUT2D eigenvalue weighted by atomic mass is 9.68. The Kier molecular flexibility index (Phi) is 5.73. The van der Waals surface area contributed by atoms with Crippen molar-refractivity contribution in [3.05, 3.63) is 29.5 Å². The Bertz CT molecular complexity index is 1050. The molecule has 2 unspecified atom stereocenters. The van der Waals surface area contributed by atoms with Crippen molar-refractivity contribution in [2.24, 2.45) is 16.7 Å². The Labute approximate surface area is 197 Å². The number of carbonyl (C=O) groups excluding carboxylic acids is 1. The van der Waals surface area contributed by atoms with Crippen molar-refractivity contribution in [1.29, 1.82) is 0 Å². The molecule has 2 aromatic rings. The van der Waals surface area contributed by atoms with Crippen molar-refractivity contribution in [2.75, 3.05) is 40.0 Å². The zero-order valence-electron chi connectivity index (χ0n) is 20.9. The molecule has 2 aliphatic carbocycles. The number of aromatic nitrogens is 1. The van der Waals surface area contributed by atoms with Crippen molar-refractivity contribution in [1.82, 2.24) is 14.8 Å². The van der Waals surface area contributed by atoms with E-state index in [1.807, 2.05) is 12.1 Å². The fraction of sp³-hybridized carbons (Fsp3) is 0.667. The molecule has 1 amide bonds. The summed E-state index contributed by atoms with van der Waals surface area (Å²) in [5, 5.41) is 4.51. The lowest BCUT2D eigenvalue weighted by molar-refractivity contribution is 0.0365. The number of benzene rings is 1. The Hall–Kier alpha value is -2.05. The number of methoxy groups -OCH3 is 1. The molecule has 2 heterocycles. The van der Waals surface area contributed by atoms with Gasteiger partial charge in [-0.05, 0) is 49.0 Å². The Morgan fingerprint density at radius 2 is 1.97 bits per heavy atom. The molecule has 3 aliphatic rings. The van der Waals surface area contributed by atoms with Crippen molar-refractivity contribution in [3.8, 4) is 5.75 Å². The third kappa shape index (κ3) is 3.66. The van der Waals surface area contributed by atoms with Crippen molar-refractivity contribution in [2.45, 2.75) is 59.5 Å². The maximum atomic E-state index is 13.9. The number of amides is 1. The molecule has 0 spiro atoms. The van der Waals surface area contributed by atoms with E-state index < -0.39 is 0 Å². The summed E-state index contributed by atoms with van der Waals surface area (Å²) in [5.41, 5.74) is 3.17. The zero-order chi connectivity index (χ0) is 23.4. The predicted molar refractivity (Wildman–Crippen MR) is 131 cm³/mol. The lowest BCUT2D eigenvalue weighted by Crippen LogP contribution is -2.52. The molecular formula is C27H39N3O3.